The van der Waals surface area contributed by atoms with E-state index < -0.39 is 0 Å². The van der Waals surface area contributed by atoms with Gasteiger partial charge in [0, 0.05) is 17.5 Å². The number of amides is 1. The van der Waals surface area contributed by atoms with Crippen molar-refractivity contribution in [3.8, 4) is 5.75 Å². The highest BCUT2D eigenvalue weighted by Gasteiger charge is 2.35. The van der Waals surface area contributed by atoms with Crippen LogP contribution in [0.1, 0.15) is 30.7 Å². The Balaban J connectivity index is 1.70. The summed E-state index contributed by atoms with van der Waals surface area (Å²) in [4.78, 5) is 13.0. The summed E-state index contributed by atoms with van der Waals surface area (Å²) in [6.45, 7) is 0.412. The van der Waals surface area contributed by atoms with E-state index in [-0.39, 0.29) is 23.8 Å². The zero-order valence-electron chi connectivity index (χ0n) is 11.2. The standard InChI is InChI=1S/C15H18N2O2S/c16-14(20)10-5-3-6-12(10)17-15(18)11-8-19-13-7-2-1-4-9(11)13/h1-2,4,7,10-12H,3,5-6,8H2,(H2,16,20)(H,17,18). The van der Waals surface area contributed by atoms with Crippen molar-refractivity contribution in [3.63, 3.8) is 0 Å². The first-order chi connectivity index (χ1) is 9.66. The molecule has 1 aromatic rings. The molecule has 0 spiro atoms. The Morgan fingerprint density at radius 3 is 2.95 bits per heavy atom. The molecular formula is C15H18N2O2S. The number of thiocarbonyl (C=S) groups is 1. The number of rotatable bonds is 3. The van der Waals surface area contributed by atoms with E-state index in [1.807, 2.05) is 24.3 Å². The lowest BCUT2D eigenvalue weighted by atomic mass is 9.98. The fraction of sp³-hybridized carbons (Fsp3) is 0.467. The normalized spacial score (nSPS) is 27.7. The van der Waals surface area contributed by atoms with Gasteiger partial charge in [-0.05, 0) is 18.9 Å². The molecule has 0 bridgehead atoms. The first-order valence-electron chi connectivity index (χ1n) is 6.98. The molecule has 106 valence electrons. The lowest BCUT2D eigenvalue weighted by Crippen LogP contribution is -2.43. The van der Waals surface area contributed by atoms with Crippen LogP contribution in [-0.2, 0) is 4.79 Å². The van der Waals surface area contributed by atoms with Crippen LogP contribution in [0.2, 0.25) is 0 Å². The van der Waals surface area contributed by atoms with Gasteiger partial charge in [0.1, 0.15) is 18.3 Å². The van der Waals surface area contributed by atoms with Gasteiger partial charge in [-0.2, -0.15) is 0 Å². The van der Waals surface area contributed by atoms with Gasteiger partial charge < -0.3 is 15.8 Å². The maximum absolute atomic E-state index is 12.5. The van der Waals surface area contributed by atoms with Crippen molar-refractivity contribution in [1.29, 1.82) is 0 Å². The molecule has 1 aliphatic heterocycles. The maximum Gasteiger partial charge on any atom is 0.231 e. The molecule has 5 heteroatoms. The predicted octanol–water partition coefficient (Wildman–Crippen LogP) is 1.73. The van der Waals surface area contributed by atoms with Crippen molar-refractivity contribution in [2.24, 2.45) is 11.7 Å². The highest BCUT2D eigenvalue weighted by molar-refractivity contribution is 7.80. The van der Waals surface area contributed by atoms with Gasteiger partial charge >= 0.3 is 0 Å². The molecule has 0 aromatic heterocycles. The van der Waals surface area contributed by atoms with Crippen LogP contribution in [0, 0.1) is 5.92 Å². The topological polar surface area (TPSA) is 64.3 Å². The minimum Gasteiger partial charge on any atom is -0.492 e. The third-order valence-electron chi connectivity index (χ3n) is 4.23. The van der Waals surface area contributed by atoms with Crippen LogP contribution in [0.15, 0.2) is 24.3 Å². The third kappa shape index (κ3) is 2.38. The summed E-state index contributed by atoms with van der Waals surface area (Å²) in [5.41, 5.74) is 6.72. The molecule has 20 heavy (non-hydrogen) atoms. The molecule has 1 heterocycles. The molecule has 0 radical (unpaired) electrons. The van der Waals surface area contributed by atoms with Gasteiger partial charge in [-0.3, -0.25) is 4.79 Å². The molecule has 1 saturated carbocycles. The fourth-order valence-corrected chi connectivity index (χ4v) is 3.42. The van der Waals surface area contributed by atoms with E-state index in [1.54, 1.807) is 0 Å². The maximum atomic E-state index is 12.5. The lowest BCUT2D eigenvalue weighted by molar-refractivity contribution is -0.123. The van der Waals surface area contributed by atoms with Crippen LogP contribution in [0.3, 0.4) is 0 Å². The van der Waals surface area contributed by atoms with Gasteiger partial charge in [0.2, 0.25) is 5.91 Å². The molecule has 3 unspecified atom stereocenters. The van der Waals surface area contributed by atoms with Crippen molar-refractivity contribution in [2.45, 2.75) is 31.2 Å². The fourth-order valence-electron chi connectivity index (χ4n) is 3.14. The van der Waals surface area contributed by atoms with Crippen LogP contribution in [0.25, 0.3) is 0 Å². The SMILES string of the molecule is NC(=S)C1CCCC1NC(=O)C1COc2ccccc21. The Kier molecular flexibility index (Phi) is 3.61. The number of nitrogens with one attached hydrogen (secondary N) is 1. The number of nitrogens with two attached hydrogens (primary N) is 1. The Morgan fingerprint density at radius 2 is 2.15 bits per heavy atom. The summed E-state index contributed by atoms with van der Waals surface area (Å²) in [5.74, 6) is 0.735. The largest absolute Gasteiger partial charge is 0.492 e. The number of ether oxygens (including phenoxy) is 1. The first-order valence-corrected chi connectivity index (χ1v) is 7.39. The number of hydrogen-bond donors (Lipinski definition) is 2. The van der Waals surface area contributed by atoms with Crippen LogP contribution >= 0.6 is 12.2 Å². The van der Waals surface area contributed by atoms with Gasteiger partial charge in [-0.25, -0.2) is 0 Å². The number of benzene rings is 1. The van der Waals surface area contributed by atoms with Crippen molar-refractivity contribution in [2.75, 3.05) is 6.61 Å². The van der Waals surface area contributed by atoms with Crippen molar-refractivity contribution in [3.05, 3.63) is 29.8 Å². The second-order valence-electron chi connectivity index (χ2n) is 5.46. The second-order valence-corrected chi connectivity index (χ2v) is 5.93. The lowest BCUT2D eigenvalue weighted by Gasteiger charge is -2.21. The monoisotopic (exact) mass is 290 g/mol. The molecule has 3 atom stereocenters. The van der Waals surface area contributed by atoms with E-state index in [9.17, 15) is 4.79 Å². The Bertz CT molecular complexity index is 546. The predicted molar refractivity (Wildman–Crippen MR) is 80.7 cm³/mol. The van der Waals surface area contributed by atoms with E-state index >= 15 is 0 Å². The van der Waals surface area contributed by atoms with Crippen LogP contribution in [0.5, 0.6) is 5.75 Å². The molecule has 1 fully saturated rings. The van der Waals surface area contributed by atoms with E-state index in [2.05, 4.69) is 5.32 Å². The highest BCUT2D eigenvalue weighted by atomic mass is 32.1. The quantitative estimate of drug-likeness (QED) is 0.832. The average Bonchev–Trinajstić information content (AvgIpc) is 3.04. The molecular weight excluding hydrogens is 272 g/mol. The molecule has 3 N–H and O–H groups in total. The van der Waals surface area contributed by atoms with Gasteiger partial charge in [0.15, 0.2) is 0 Å². The van der Waals surface area contributed by atoms with Crippen molar-refractivity contribution < 1.29 is 9.53 Å². The molecule has 2 aliphatic rings. The minimum atomic E-state index is -0.223. The Morgan fingerprint density at radius 1 is 1.35 bits per heavy atom. The minimum absolute atomic E-state index is 0.0168. The summed E-state index contributed by atoms with van der Waals surface area (Å²) >= 11 is 5.08. The van der Waals surface area contributed by atoms with E-state index in [4.69, 9.17) is 22.7 Å². The number of carbonyl (C=O) groups excluding carboxylic acids is 1. The van der Waals surface area contributed by atoms with E-state index in [1.165, 1.54) is 0 Å². The van der Waals surface area contributed by atoms with Gasteiger partial charge in [0.05, 0.1) is 4.99 Å². The Labute approximate surface area is 123 Å². The van der Waals surface area contributed by atoms with Crippen molar-refractivity contribution >= 4 is 23.1 Å². The summed E-state index contributed by atoms with van der Waals surface area (Å²) < 4.78 is 5.56. The van der Waals surface area contributed by atoms with Crippen LogP contribution < -0.4 is 15.8 Å². The second kappa shape index (κ2) is 5.40. The first kappa shape index (κ1) is 13.4. The highest BCUT2D eigenvalue weighted by Crippen LogP contribution is 2.34. The average molecular weight is 290 g/mol. The molecule has 1 aliphatic carbocycles. The Hall–Kier alpha value is -1.62. The zero-order valence-corrected chi connectivity index (χ0v) is 12.0. The summed E-state index contributed by atoms with van der Waals surface area (Å²) in [6, 6.07) is 7.77. The summed E-state index contributed by atoms with van der Waals surface area (Å²) in [7, 11) is 0. The van der Waals surface area contributed by atoms with Crippen LogP contribution in [-0.4, -0.2) is 23.5 Å². The third-order valence-corrected chi connectivity index (χ3v) is 4.53. The van der Waals surface area contributed by atoms with Crippen LogP contribution in [0.4, 0.5) is 0 Å². The summed E-state index contributed by atoms with van der Waals surface area (Å²) in [5, 5.41) is 3.11. The smallest absolute Gasteiger partial charge is 0.231 e. The van der Waals surface area contributed by atoms with Crippen molar-refractivity contribution in [1.82, 2.24) is 5.32 Å². The number of carbonyl (C=O) groups is 1. The van der Waals surface area contributed by atoms with Gasteiger partial charge in [0.25, 0.3) is 0 Å². The molecule has 1 amide bonds. The van der Waals surface area contributed by atoms with E-state index in [0.29, 0.717) is 11.6 Å². The molecule has 3 rings (SSSR count). The number of fused-ring (bicyclic) bond motifs is 1. The molecule has 0 saturated heterocycles. The van der Waals surface area contributed by atoms with Gasteiger partial charge in [-0.1, -0.05) is 36.8 Å². The van der Waals surface area contributed by atoms with Gasteiger partial charge in [-0.15, -0.1) is 0 Å². The molecule has 1 aromatic carbocycles. The zero-order chi connectivity index (χ0) is 14.1. The molecule has 4 nitrogen and oxygen atoms in total. The van der Waals surface area contributed by atoms with E-state index in [0.717, 1.165) is 30.6 Å². The number of para-hydroxylation sites is 1. The number of hydrogen-bond acceptors (Lipinski definition) is 3. The summed E-state index contributed by atoms with van der Waals surface area (Å²) in [6.07, 6.45) is 2.98.